The van der Waals surface area contributed by atoms with Crippen LogP contribution in [0.3, 0.4) is 0 Å². The molecule has 1 saturated carbocycles. The van der Waals surface area contributed by atoms with E-state index in [0.717, 1.165) is 48.6 Å². The number of rotatable bonds is 8. The van der Waals surface area contributed by atoms with Crippen LogP contribution in [0.15, 0.2) is 10.5 Å². The van der Waals surface area contributed by atoms with Gasteiger partial charge in [0.25, 0.3) is 0 Å². The molecule has 0 atom stereocenters. The van der Waals surface area contributed by atoms with E-state index >= 15 is 0 Å². The first kappa shape index (κ1) is 15.1. The summed E-state index contributed by atoms with van der Waals surface area (Å²) in [5, 5.41) is 3.55. The molecule has 5 heteroatoms. The Balaban J connectivity index is 1.73. The van der Waals surface area contributed by atoms with Crippen molar-refractivity contribution in [1.82, 2.24) is 5.32 Å². The largest absolute Gasteiger partial charge is 0.493 e. The van der Waals surface area contributed by atoms with Crippen LogP contribution < -0.4 is 14.8 Å². The highest BCUT2D eigenvalue weighted by molar-refractivity contribution is 9.10. The predicted molar refractivity (Wildman–Crippen MR) is 85.2 cm³/mol. The summed E-state index contributed by atoms with van der Waals surface area (Å²) in [6, 6.07) is 2.84. The molecule has 0 bridgehead atoms. The van der Waals surface area contributed by atoms with Gasteiger partial charge in [-0.05, 0) is 40.4 Å². The third kappa shape index (κ3) is 3.71. The minimum atomic E-state index is 0.678. The van der Waals surface area contributed by atoms with Gasteiger partial charge in [-0.2, -0.15) is 0 Å². The highest BCUT2D eigenvalue weighted by Crippen LogP contribution is 2.42. The number of nitrogens with one attached hydrogen (secondary N) is 1. The standard InChI is InChI=1S/C16H22BrNO3/c1-19-6-2-7-20-14-9-11(10-18-12-3-4-12)15(17)16-13(14)5-8-21-16/h9,12,18H,2-8,10H2,1H3. The summed E-state index contributed by atoms with van der Waals surface area (Å²) < 4.78 is 17.9. The number of fused-ring (bicyclic) bond motifs is 1. The molecule has 0 amide bonds. The van der Waals surface area contributed by atoms with Crippen molar-refractivity contribution in [1.29, 1.82) is 0 Å². The van der Waals surface area contributed by atoms with Gasteiger partial charge in [-0.3, -0.25) is 0 Å². The summed E-state index contributed by atoms with van der Waals surface area (Å²) >= 11 is 3.69. The summed E-state index contributed by atoms with van der Waals surface area (Å²) in [7, 11) is 1.72. The fourth-order valence-corrected chi connectivity index (χ4v) is 3.13. The summed E-state index contributed by atoms with van der Waals surface area (Å²) in [4.78, 5) is 0. The Morgan fingerprint density at radius 2 is 2.24 bits per heavy atom. The fourth-order valence-electron chi connectivity index (χ4n) is 2.53. The molecule has 1 fully saturated rings. The Labute approximate surface area is 134 Å². The molecule has 1 N–H and O–H groups in total. The van der Waals surface area contributed by atoms with E-state index in [4.69, 9.17) is 14.2 Å². The highest BCUT2D eigenvalue weighted by Gasteiger charge is 2.25. The summed E-state index contributed by atoms with van der Waals surface area (Å²) in [6.45, 7) is 3.00. The lowest BCUT2D eigenvalue weighted by Gasteiger charge is -2.15. The maximum Gasteiger partial charge on any atom is 0.140 e. The van der Waals surface area contributed by atoms with Crippen molar-refractivity contribution in [3.63, 3.8) is 0 Å². The molecular weight excluding hydrogens is 334 g/mol. The van der Waals surface area contributed by atoms with Gasteiger partial charge < -0.3 is 19.5 Å². The lowest BCUT2D eigenvalue weighted by Crippen LogP contribution is -2.16. The van der Waals surface area contributed by atoms with Gasteiger partial charge >= 0.3 is 0 Å². The normalized spacial score (nSPS) is 16.7. The van der Waals surface area contributed by atoms with E-state index in [0.29, 0.717) is 12.6 Å². The van der Waals surface area contributed by atoms with Crippen molar-refractivity contribution in [3.8, 4) is 11.5 Å². The van der Waals surface area contributed by atoms with E-state index in [1.807, 2.05) is 0 Å². The second-order valence-electron chi connectivity index (χ2n) is 5.60. The molecular formula is C16H22BrNO3. The Morgan fingerprint density at radius 1 is 1.38 bits per heavy atom. The van der Waals surface area contributed by atoms with E-state index in [-0.39, 0.29) is 0 Å². The molecule has 0 saturated heterocycles. The Kier molecular flexibility index (Phi) is 5.03. The first-order valence-electron chi connectivity index (χ1n) is 7.61. The van der Waals surface area contributed by atoms with Gasteiger partial charge in [-0.15, -0.1) is 0 Å². The first-order chi connectivity index (χ1) is 10.3. The SMILES string of the molecule is COCCCOc1cc(CNC2CC2)c(Br)c2c1CCO2. The first-order valence-corrected chi connectivity index (χ1v) is 8.41. The molecule has 3 rings (SSSR count). The second kappa shape index (κ2) is 6.99. The van der Waals surface area contributed by atoms with Crippen LogP contribution in [-0.4, -0.2) is 33.0 Å². The van der Waals surface area contributed by atoms with Crippen LogP contribution in [-0.2, 0) is 17.7 Å². The molecule has 1 aliphatic heterocycles. The summed E-state index contributed by atoms with van der Waals surface area (Å²) in [5.41, 5.74) is 2.40. The number of hydrogen-bond acceptors (Lipinski definition) is 4. The summed E-state index contributed by atoms with van der Waals surface area (Å²) in [5.74, 6) is 1.93. The number of benzene rings is 1. The van der Waals surface area contributed by atoms with E-state index in [9.17, 15) is 0 Å². The third-order valence-corrected chi connectivity index (χ3v) is 4.73. The van der Waals surface area contributed by atoms with Crippen molar-refractivity contribution in [3.05, 3.63) is 21.7 Å². The van der Waals surface area contributed by atoms with Crippen LogP contribution in [0.1, 0.15) is 30.4 Å². The Bertz CT molecular complexity index is 503. The van der Waals surface area contributed by atoms with E-state index in [1.165, 1.54) is 24.0 Å². The number of hydrogen-bond donors (Lipinski definition) is 1. The minimum absolute atomic E-state index is 0.678. The van der Waals surface area contributed by atoms with E-state index in [1.54, 1.807) is 7.11 Å². The van der Waals surface area contributed by atoms with Gasteiger partial charge in [0.05, 0.1) is 17.7 Å². The van der Waals surface area contributed by atoms with Gasteiger partial charge in [0.1, 0.15) is 11.5 Å². The number of ether oxygens (including phenoxy) is 3. The topological polar surface area (TPSA) is 39.7 Å². The molecule has 0 aromatic heterocycles. The van der Waals surface area contributed by atoms with Gasteiger partial charge in [-0.1, -0.05) is 0 Å². The fraction of sp³-hybridized carbons (Fsp3) is 0.625. The zero-order chi connectivity index (χ0) is 14.7. The van der Waals surface area contributed by atoms with Gasteiger partial charge in [0.15, 0.2) is 0 Å². The Morgan fingerprint density at radius 3 is 3.00 bits per heavy atom. The molecule has 2 aliphatic rings. The molecule has 116 valence electrons. The molecule has 1 heterocycles. The molecule has 1 aromatic carbocycles. The van der Waals surface area contributed by atoms with Crippen LogP contribution in [0.2, 0.25) is 0 Å². The molecule has 0 spiro atoms. The van der Waals surface area contributed by atoms with Crippen LogP contribution in [0.25, 0.3) is 0 Å². The minimum Gasteiger partial charge on any atom is -0.493 e. The smallest absolute Gasteiger partial charge is 0.140 e. The molecule has 0 radical (unpaired) electrons. The van der Waals surface area contributed by atoms with Crippen molar-refractivity contribution < 1.29 is 14.2 Å². The maximum absolute atomic E-state index is 5.96. The van der Waals surface area contributed by atoms with Gasteiger partial charge in [0.2, 0.25) is 0 Å². The predicted octanol–water partition coefficient (Wildman–Crippen LogP) is 3.05. The average molecular weight is 356 g/mol. The quantitative estimate of drug-likeness (QED) is 0.727. The average Bonchev–Trinajstić information content (AvgIpc) is 3.18. The van der Waals surface area contributed by atoms with Crippen molar-refractivity contribution in [2.24, 2.45) is 0 Å². The number of methoxy groups -OCH3 is 1. The van der Waals surface area contributed by atoms with Crippen LogP contribution in [0, 0.1) is 0 Å². The Hall–Kier alpha value is -0.780. The van der Waals surface area contributed by atoms with Crippen LogP contribution >= 0.6 is 15.9 Å². The molecule has 21 heavy (non-hydrogen) atoms. The van der Waals surface area contributed by atoms with Gasteiger partial charge in [0, 0.05) is 44.7 Å². The van der Waals surface area contributed by atoms with Crippen molar-refractivity contribution in [2.45, 2.75) is 38.3 Å². The van der Waals surface area contributed by atoms with Crippen molar-refractivity contribution in [2.75, 3.05) is 26.9 Å². The molecule has 1 aromatic rings. The van der Waals surface area contributed by atoms with Crippen LogP contribution in [0.5, 0.6) is 11.5 Å². The zero-order valence-electron chi connectivity index (χ0n) is 12.4. The second-order valence-corrected chi connectivity index (χ2v) is 6.40. The molecule has 1 aliphatic carbocycles. The van der Waals surface area contributed by atoms with Crippen LogP contribution in [0.4, 0.5) is 0 Å². The third-order valence-electron chi connectivity index (χ3n) is 3.87. The molecule has 4 nitrogen and oxygen atoms in total. The molecule has 0 unspecified atom stereocenters. The summed E-state index contributed by atoms with van der Waals surface area (Å²) in [6.07, 6.45) is 4.40. The lowest BCUT2D eigenvalue weighted by molar-refractivity contribution is 0.172. The van der Waals surface area contributed by atoms with Crippen molar-refractivity contribution >= 4 is 15.9 Å². The van der Waals surface area contributed by atoms with E-state index < -0.39 is 0 Å². The monoisotopic (exact) mass is 355 g/mol. The van der Waals surface area contributed by atoms with Gasteiger partial charge in [-0.25, -0.2) is 0 Å². The number of halogens is 1. The highest BCUT2D eigenvalue weighted by atomic mass is 79.9. The van der Waals surface area contributed by atoms with E-state index in [2.05, 4.69) is 27.3 Å². The zero-order valence-corrected chi connectivity index (χ0v) is 14.0. The maximum atomic E-state index is 5.96. The lowest BCUT2D eigenvalue weighted by atomic mass is 10.1.